The molecular weight excluding hydrogens is 276 g/mol. The maximum Gasteiger partial charge on any atom is 0.316 e. The monoisotopic (exact) mass is 284 g/mol. The molecule has 2 aromatic rings. The summed E-state index contributed by atoms with van der Waals surface area (Å²) in [4.78, 5) is 25.1. The summed E-state index contributed by atoms with van der Waals surface area (Å²) in [6.07, 6.45) is 0. The molecule has 1 atom stereocenters. The zero-order chi connectivity index (χ0) is 13.3. The molecule has 94 valence electrons. The number of aromatic nitrogens is 1. The van der Waals surface area contributed by atoms with Crippen LogP contribution in [-0.4, -0.2) is 26.2 Å². The predicted molar refractivity (Wildman–Crippen MR) is 69.2 cm³/mol. The zero-order valence-corrected chi connectivity index (χ0v) is 10.8. The molecule has 0 aliphatic carbocycles. The summed E-state index contributed by atoms with van der Waals surface area (Å²) >= 11 is 2.39. The number of carboxylic acids is 1. The number of carbonyl (C=O) groups is 1. The third-order valence-electron chi connectivity index (χ3n) is 2.19. The summed E-state index contributed by atoms with van der Waals surface area (Å²) < 4.78 is 1.28. The van der Waals surface area contributed by atoms with Crippen molar-refractivity contribution < 1.29 is 14.8 Å². The number of nitrogens with zero attached hydrogens (tertiary/aromatic N) is 2. The summed E-state index contributed by atoms with van der Waals surface area (Å²) in [5.74, 6) is -0.912. The average Bonchev–Trinajstić information content (AvgIpc) is 2.69. The number of aliphatic carboxylic acids is 1. The van der Waals surface area contributed by atoms with Crippen LogP contribution < -0.4 is 0 Å². The number of thiazole rings is 1. The van der Waals surface area contributed by atoms with Gasteiger partial charge in [0.1, 0.15) is 5.25 Å². The van der Waals surface area contributed by atoms with Gasteiger partial charge in [0.2, 0.25) is 0 Å². The summed E-state index contributed by atoms with van der Waals surface area (Å²) in [5, 5.41) is 18.8. The van der Waals surface area contributed by atoms with Crippen LogP contribution in [0.5, 0.6) is 0 Å². The molecule has 0 aliphatic heterocycles. The van der Waals surface area contributed by atoms with Gasteiger partial charge in [-0.05, 0) is 13.0 Å². The largest absolute Gasteiger partial charge is 0.480 e. The molecule has 1 aromatic carbocycles. The molecule has 0 radical (unpaired) electrons. The first-order chi connectivity index (χ1) is 8.47. The molecule has 2 rings (SSSR count). The van der Waals surface area contributed by atoms with E-state index in [1.54, 1.807) is 13.0 Å². The van der Waals surface area contributed by atoms with Gasteiger partial charge < -0.3 is 5.11 Å². The molecule has 1 unspecified atom stereocenters. The summed E-state index contributed by atoms with van der Waals surface area (Å²) in [5.41, 5.74) is 0.652. The summed E-state index contributed by atoms with van der Waals surface area (Å²) in [7, 11) is 0. The van der Waals surface area contributed by atoms with Crippen molar-refractivity contribution in [2.45, 2.75) is 16.5 Å². The lowest BCUT2D eigenvalue weighted by atomic mass is 10.3. The highest BCUT2D eigenvalue weighted by Crippen LogP contribution is 2.33. The molecule has 0 saturated heterocycles. The van der Waals surface area contributed by atoms with Crippen LogP contribution in [0.3, 0.4) is 0 Å². The molecule has 1 aromatic heterocycles. The minimum atomic E-state index is -0.912. The van der Waals surface area contributed by atoms with Gasteiger partial charge in [-0.2, -0.15) is 0 Å². The molecule has 0 saturated carbocycles. The van der Waals surface area contributed by atoms with E-state index >= 15 is 0 Å². The average molecular weight is 284 g/mol. The van der Waals surface area contributed by atoms with Crippen LogP contribution in [-0.2, 0) is 4.79 Å². The number of fused-ring (bicyclic) bond motifs is 1. The lowest BCUT2D eigenvalue weighted by Gasteiger charge is -2.00. The Morgan fingerprint density at radius 2 is 2.33 bits per heavy atom. The van der Waals surface area contributed by atoms with Gasteiger partial charge in [-0.3, -0.25) is 14.9 Å². The highest BCUT2D eigenvalue weighted by molar-refractivity contribution is 8.02. The molecule has 0 fully saturated rings. The summed E-state index contributed by atoms with van der Waals surface area (Å²) in [6.45, 7) is 1.57. The molecule has 0 bridgehead atoms. The van der Waals surface area contributed by atoms with Crippen molar-refractivity contribution >= 4 is 45.0 Å². The van der Waals surface area contributed by atoms with Gasteiger partial charge in [0.15, 0.2) is 4.34 Å². The summed E-state index contributed by atoms with van der Waals surface area (Å²) in [6, 6.07) is 4.40. The van der Waals surface area contributed by atoms with E-state index in [2.05, 4.69) is 4.98 Å². The van der Waals surface area contributed by atoms with Crippen molar-refractivity contribution in [3.05, 3.63) is 28.3 Å². The van der Waals surface area contributed by atoms with Crippen molar-refractivity contribution in [3.63, 3.8) is 0 Å². The standard InChI is InChI=1S/C10H8N2O4S2/c1-5(9(13)14)17-10-11-7-3-2-6(12(15)16)4-8(7)18-10/h2-5H,1H3,(H,13,14). The van der Waals surface area contributed by atoms with E-state index in [0.717, 1.165) is 11.8 Å². The zero-order valence-electron chi connectivity index (χ0n) is 9.19. The van der Waals surface area contributed by atoms with Gasteiger partial charge in [-0.1, -0.05) is 11.8 Å². The maximum absolute atomic E-state index is 10.7. The number of hydrogen-bond acceptors (Lipinski definition) is 6. The quantitative estimate of drug-likeness (QED) is 0.527. The molecule has 0 spiro atoms. The van der Waals surface area contributed by atoms with Crippen LogP contribution in [0.1, 0.15) is 6.92 Å². The molecule has 6 nitrogen and oxygen atoms in total. The number of non-ortho nitro benzene ring substituents is 1. The minimum Gasteiger partial charge on any atom is -0.480 e. The second-order valence-corrected chi connectivity index (χ2v) is 6.11. The molecule has 0 amide bonds. The number of nitro benzene ring substituents is 1. The van der Waals surface area contributed by atoms with E-state index < -0.39 is 16.1 Å². The van der Waals surface area contributed by atoms with E-state index in [9.17, 15) is 14.9 Å². The van der Waals surface area contributed by atoms with Gasteiger partial charge >= 0.3 is 5.97 Å². The van der Waals surface area contributed by atoms with E-state index in [1.807, 2.05) is 0 Å². The van der Waals surface area contributed by atoms with Crippen LogP contribution in [0.25, 0.3) is 10.2 Å². The van der Waals surface area contributed by atoms with Crippen LogP contribution in [0.2, 0.25) is 0 Å². The fourth-order valence-electron chi connectivity index (χ4n) is 1.26. The van der Waals surface area contributed by atoms with E-state index in [-0.39, 0.29) is 5.69 Å². The Morgan fingerprint density at radius 3 is 2.94 bits per heavy atom. The van der Waals surface area contributed by atoms with Crippen molar-refractivity contribution in [2.75, 3.05) is 0 Å². The molecule has 1 heterocycles. The molecular formula is C10H8N2O4S2. The second kappa shape index (κ2) is 4.91. The highest BCUT2D eigenvalue weighted by atomic mass is 32.2. The van der Waals surface area contributed by atoms with Gasteiger partial charge in [0.05, 0.1) is 15.1 Å². The topological polar surface area (TPSA) is 93.3 Å². The van der Waals surface area contributed by atoms with E-state index in [1.165, 1.54) is 23.5 Å². The first kappa shape index (κ1) is 12.8. The SMILES string of the molecule is CC(Sc1nc2ccc([N+](=O)[O-])cc2s1)C(=O)O. The Kier molecular flexibility index (Phi) is 3.48. The Labute approximate surface area is 110 Å². The molecule has 0 aliphatic rings. The molecule has 8 heteroatoms. The van der Waals surface area contributed by atoms with Crippen molar-refractivity contribution in [1.29, 1.82) is 0 Å². The van der Waals surface area contributed by atoms with E-state index in [0.29, 0.717) is 14.6 Å². The van der Waals surface area contributed by atoms with E-state index in [4.69, 9.17) is 5.11 Å². The van der Waals surface area contributed by atoms with Crippen molar-refractivity contribution in [1.82, 2.24) is 4.98 Å². The lowest BCUT2D eigenvalue weighted by molar-refractivity contribution is -0.384. The highest BCUT2D eigenvalue weighted by Gasteiger charge is 2.16. The van der Waals surface area contributed by atoms with Crippen LogP contribution in [0.4, 0.5) is 5.69 Å². The number of thioether (sulfide) groups is 1. The normalized spacial score (nSPS) is 12.5. The van der Waals surface area contributed by atoms with Crippen LogP contribution in [0, 0.1) is 10.1 Å². The number of rotatable bonds is 4. The van der Waals surface area contributed by atoms with Gasteiger partial charge in [-0.25, -0.2) is 4.98 Å². The van der Waals surface area contributed by atoms with Crippen LogP contribution in [0.15, 0.2) is 22.5 Å². The predicted octanol–water partition coefficient (Wildman–Crippen LogP) is 2.77. The Bertz CT molecular complexity index is 625. The van der Waals surface area contributed by atoms with Crippen molar-refractivity contribution in [2.24, 2.45) is 0 Å². The molecule has 18 heavy (non-hydrogen) atoms. The first-order valence-corrected chi connectivity index (χ1v) is 6.61. The van der Waals surface area contributed by atoms with Crippen LogP contribution >= 0.6 is 23.1 Å². The fraction of sp³-hybridized carbons (Fsp3) is 0.200. The van der Waals surface area contributed by atoms with Gasteiger partial charge in [0, 0.05) is 12.1 Å². The third kappa shape index (κ3) is 2.59. The van der Waals surface area contributed by atoms with Crippen molar-refractivity contribution in [3.8, 4) is 0 Å². The molecule has 1 N–H and O–H groups in total. The fourth-order valence-corrected chi connectivity index (χ4v) is 3.44. The smallest absolute Gasteiger partial charge is 0.316 e. The minimum absolute atomic E-state index is 0.00832. The number of benzene rings is 1. The Balaban J connectivity index is 2.32. The maximum atomic E-state index is 10.7. The third-order valence-corrected chi connectivity index (χ3v) is 4.39. The number of carboxylic acid groups (broad SMARTS) is 1. The van der Waals surface area contributed by atoms with Gasteiger partial charge in [-0.15, -0.1) is 11.3 Å². The Morgan fingerprint density at radius 1 is 1.61 bits per heavy atom. The number of nitro groups is 1. The first-order valence-electron chi connectivity index (χ1n) is 4.92. The Hall–Kier alpha value is -1.67. The second-order valence-electron chi connectivity index (χ2n) is 3.49. The van der Waals surface area contributed by atoms with Gasteiger partial charge in [0.25, 0.3) is 5.69 Å². The number of hydrogen-bond donors (Lipinski definition) is 1. The lowest BCUT2D eigenvalue weighted by Crippen LogP contribution is -2.10.